The van der Waals surface area contributed by atoms with Crippen molar-refractivity contribution < 1.29 is 9.90 Å². The van der Waals surface area contributed by atoms with Crippen LogP contribution in [0.2, 0.25) is 5.02 Å². The van der Waals surface area contributed by atoms with E-state index in [0.29, 0.717) is 5.02 Å². The summed E-state index contributed by atoms with van der Waals surface area (Å²) in [7, 11) is 0. The van der Waals surface area contributed by atoms with Crippen LogP contribution in [-0.4, -0.2) is 45.9 Å². The number of rotatable bonds is 8. The smallest absolute Gasteiger partial charge is 0.224 e. The Labute approximate surface area is 151 Å². The first kappa shape index (κ1) is 18.8. The number of aliphatic hydroxyl groups excluding tert-OH is 1. The molecule has 1 heterocycles. The number of aliphatic hydroxyl groups is 1. The number of benzene rings is 1. The molecule has 3 N–H and O–H groups in total. The van der Waals surface area contributed by atoms with Gasteiger partial charge in [-0.15, -0.1) is 0 Å². The molecule has 1 amide bonds. The molecule has 0 bridgehead atoms. The average molecular weight is 368 g/mol. The number of aromatic amines is 1. The Morgan fingerprint density at radius 1 is 1.42 bits per heavy atom. The normalized spacial score (nSPS) is 12.2. The molecule has 1 aromatic heterocycles. The highest BCUT2D eigenvalue weighted by atomic mass is 35.5. The van der Waals surface area contributed by atoms with Gasteiger partial charge in [-0.1, -0.05) is 23.7 Å². The standard InChI is InChI=1S/C17H22ClN3O2S/c1-11-15(9-16(23)19-14(10-22)7-8-24-2)17(21-20-11)12-3-5-13(18)6-4-12/h3-6,14,22H,7-10H2,1-2H3,(H,19,23)(H,20,21)/t14-/m1/s1. The van der Waals surface area contributed by atoms with E-state index in [-0.39, 0.29) is 25.0 Å². The molecular formula is C17H22ClN3O2S. The Kier molecular flexibility index (Phi) is 7.15. The zero-order valence-corrected chi connectivity index (χ0v) is 15.4. The molecule has 0 aliphatic carbocycles. The molecule has 0 unspecified atom stereocenters. The molecule has 5 nitrogen and oxygen atoms in total. The largest absolute Gasteiger partial charge is 0.394 e. The lowest BCUT2D eigenvalue weighted by Crippen LogP contribution is -2.38. The van der Waals surface area contributed by atoms with Gasteiger partial charge < -0.3 is 10.4 Å². The van der Waals surface area contributed by atoms with E-state index in [0.717, 1.165) is 34.7 Å². The molecule has 1 aromatic carbocycles. The number of hydrogen-bond donors (Lipinski definition) is 3. The average Bonchev–Trinajstić information content (AvgIpc) is 2.93. The van der Waals surface area contributed by atoms with E-state index < -0.39 is 0 Å². The monoisotopic (exact) mass is 367 g/mol. The van der Waals surface area contributed by atoms with Crippen molar-refractivity contribution in [3.63, 3.8) is 0 Å². The summed E-state index contributed by atoms with van der Waals surface area (Å²) in [5.74, 6) is 0.779. The van der Waals surface area contributed by atoms with Crippen LogP contribution in [0.1, 0.15) is 17.7 Å². The van der Waals surface area contributed by atoms with E-state index in [1.54, 1.807) is 23.9 Å². The SMILES string of the molecule is CSCC[C@H](CO)NC(=O)Cc1c(-c2ccc(Cl)cc2)n[nH]c1C. The van der Waals surface area contributed by atoms with Crippen LogP contribution in [0.3, 0.4) is 0 Å². The summed E-state index contributed by atoms with van der Waals surface area (Å²) in [6.07, 6.45) is 2.97. The maximum absolute atomic E-state index is 12.3. The number of carbonyl (C=O) groups excluding carboxylic acids is 1. The Hall–Kier alpha value is -1.50. The van der Waals surface area contributed by atoms with Crippen LogP contribution in [0, 0.1) is 6.92 Å². The number of H-pyrrole nitrogens is 1. The van der Waals surface area contributed by atoms with Crippen LogP contribution in [0.4, 0.5) is 0 Å². The highest BCUT2D eigenvalue weighted by Crippen LogP contribution is 2.25. The summed E-state index contributed by atoms with van der Waals surface area (Å²) in [5.41, 5.74) is 3.38. The number of aromatic nitrogens is 2. The maximum atomic E-state index is 12.3. The Morgan fingerprint density at radius 2 is 2.12 bits per heavy atom. The van der Waals surface area contributed by atoms with Gasteiger partial charge in [0.1, 0.15) is 0 Å². The molecule has 0 aliphatic heterocycles. The van der Waals surface area contributed by atoms with E-state index >= 15 is 0 Å². The number of aryl methyl sites for hydroxylation is 1. The van der Waals surface area contributed by atoms with Gasteiger partial charge in [-0.25, -0.2) is 0 Å². The van der Waals surface area contributed by atoms with Gasteiger partial charge in [0, 0.05) is 21.8 Å². The summed E-state index contributed by atoms with van der Waals surface area (Å²) in [5, 5.41) is 20.2. The lowest BCUT2D eigenvalue weighted by Gasteiger charge is -2.16. The maximum Gasteiger partial charge on any atom is 0.224 e. The van der Waals surface area contributed by atoms with Gasteiger partial charge in [-0.3, -0.25) is 9.89 Å². The molecular weight excluding hydrogens is 346 g/mol. The zero-order chi connectivity index (χ0) is 17.5. The van der Waals surface area contributed by atoms with E-state index in [1.165, 1.54) is 0 Å². The molecule has 130 valence electrons. The molecule has 0 aliphatic rings. The van der Waals surface area contributed by atoms with Gasteiger partial charge in [-0.05, 0) is 37.5 Å². The van der Waals surface area contributed by atoms with Crippen LogP contribution in [0.5, 0.6) is 0 Å². The number of amides is 1. The van der Waals surface area contributed by atoms with Crippen LogP contribution < -0.4 is 5.32 Å². The molecule has 0 saturated heterocycles. The van der Waals surface area contributed by atoms with Crippen LogP contribution in [0.15, 0.2) is 24.3 Å². The molecule has 0 saturated carbocycles. The summed E-state index contributed by atoms with van der Waals surface area (Å²) in [6, 6.07) is 7.16. The van der Waals surface area contributed by atoms with Gasteiger partial charge in [-0.2, -0.15) is 16.9 Å². The second-order valence-electron chi connectivity index (χ2n) is 5.59. The minimum atomic E-state index is -0.212. The second kappa shape index (κ2) is 9.11. The predicted molar refractivity (Wildman–Crippen MR) is 99.5 cm³/mol. The lowest BCUT2D eigenvalue weighted by molar-refractivity contribution is -0.121. The van der Waals surface area contributed by atoms with Crippen molar-refractivity contribution >= 4 is 29.3 Å². The van der Waals surface area contributed by atoms with E-state index in [1.807, 2.05) is 25.3 Å². The summed E-state index contributed by atoms with van der Waals surface area (Å²) in [6.45, 7) is 1.84. The number of hydrogen-bond acceptors (Lipinski definition) is 4. The molecule has 7 heteroatoms. The fraction of sp³-hybridized carbons (Fsp3) is 0.412. The minimum Gasteiger partial charge on any atom is -0.394 e. The third-order valence-electron chi connectivity index (χ3n) is 3.78. The van der Waals surface area contributed by atoms with Gasteiger partial charge in [0.05, 0.1) is 24.8 Å². The third-order valence-corrected chi connectivity index (χ3v) is 4.68. The van der Waals surface area contributed by atoms with Gasteiger partial charge in [0.2, 0.25) is 5.91 Å². The Bertz CT molecular complexity index is 673. The summed E-state index contributed by atoms with van der Waals surface area (Å²) in [4.78, 5) is 12.3. The van der Waals surface area contributed by atoms with E-state index in [9.17, 15) is 9.90 Å². The van der Waals surface area contributed by atoms with Crippen molar-refractivity contribution in [2.24, 2.45) is 0 Å². The first-order valence-corrected chi connectivity index (χ1v) is 9.51. The van der Waals surface area contributed by atoms with Gasteiger partial charge in [0.15, 0.2) is 0 Å². The molecule has 2 aromatic rings. The van der Waals surface area contributed by atoms with Crippen molar-refractivity contribution in [3.8, 4) is 11.3 Å². The number of nitrogens with one attached hydrogen (secondary N) is 2. The van der Waals surface area contributed by atoms with Gasteiger partial charge >= 0.3 is 0 Å². The topological polar surface area (TPSA) is 78.0 Å². The first-order chi connectivity index (χ1) is 11.5. The minimum absolute atomic E-state index is 0.0549. The predicted octanol–water partition coefficient (Wildman–Crippen LogP) is 2.81. The number of carbonyl (C=O) groups is 1. The number of halogens is 1. The molecule has 2 rings (SSSR count). The van der Waals surface area contributed by atoms with Crippen molar-refractivity contribution in [1.82, 2.24) is 15.5 Å². The highest BCUT2D eigenvalue weighted by molar-refractivity contribution is 7.98. The summed E-state index contributed by atoms with van der Waals surface area (Å²) < 4.78 is 0. The first-order valence-electron chi connectivity index (χ1n) is 7.74. The quantitative estimate of drug-likeness (QED) is 0.670. The van der Waals surface area contributed by atoms with E-state index in [2.05, 4.69) is 15.5 Å². The zero-order valence-electron chi connectivity index (χ0n) is 13.8. The van der Waals surface area contributed by atoms with Crippen LogP contribution >= 0.6 is 23.4 Å². The second-order valence-corrected chi connectivity index (χ2v) is 7.01. The van der Waals surface area contributed by atoms with E-state index in [4.69, 9.17) is 11.6 Å². The molecule has 24 heavy (non-hydrogen) atoms. The Balaban J connectivity index is 2.10. The fourth-order valence-electron chi connectivity index (χ4n) is 2.42. The summed E-state index contributed by atoms with van der Waals surface area (Å²) >= 11 is 7.62. The third kappa shape index (κ3) is 5.00. The molecule has 0 radical (unpaired) electrons. The van der Waals surface area contributed by atoms with Gasteiger partial charge in [0.25, 0.3) is 0 Å². The molecule has 0 fully saturated rings. The molecule has 1 atom stereocenters. The lowest BCUT2D eigenvalue weighted by atomic mass is 10.0. The van der Waals surface area contributed by atoms with Crippen molar-refractivity contribution in [1.29, 1.82) is 0 Å². The van der Waals surface area contributed by atoms with Crippen LogP contribution in [0.25, 0.3) is 11.3 Å². The highest BCUT2D eigenvalue weighted by Gasteiger charge is 2.18. The van der Waals surface area contributed by atoms with Crippen molar-refractivity contribution in [2.75, 3.05) is 18.6 Å². The fourth-order valence-corrected chi connectivity index (χ4v) is 3.07. The van der Waals surface area contributed by atoms with Crippen molar-refractivity contribution in [2.45, 2.75) is 25.8 Å². The molecule has 0 spiro atoms. The van der Waals surface area contributed by atoms with Crippen LogP contribution in [-0.2, 0) is 11.2 Å². The Morgan fingerprint density at radius 3 is 2.75 bits per heavy atom. The number of thioether (sulfide) groups is 1. The number of nitrogens with zero attached hydrogens (tertiary/aromatic N) is 1. The van der Waals surface area contributed by atoms with Crippen molar-refractivity contribution in [3.05, 3.63) is 40.5 Å².